The lowest BCUT2D eigenvalue weighted by atomic mass is 9.84. The lowest BCUT2D eigenvalue weighted by molar-refractivity contribution is 0.00578. The molecule has 0 saturated carbocycles. The van der Waals surface area contributed by atoms with Crippen molar-refractivity contribution in [3.05, 3.63) is 22.3 Å². The van der Waals surface area contributed by atoms with Gasteiger partial charge >= 0.3 is 7.12 Å². The van der Waals surface area contributed by atoms with Gasteiger partial charge in [-0.2, -0.15) is 5.26 Å². The first-order valence-corrected chi connectivity index (χ1v) is 6.48. The summed E-state index contributed by atoms with van der Waals surface area (Å²) in [5, 5.41) is 8.97. The van der Waals surface area contributed by atoms with Crippen LogP contribution in [0.5, 0.6) is 0 Å². The van der Waals surface area contributed by atoms with Crippen molar-refractivity contribution in [1.29, 1.82) is 5.26 Å². The number of rotatable bonds is 1. The molecule has 0 aromatic carbocycles. The van der Waals surface area contributed by atoms with E-state index in [0.29, 0.717) is 15.8 Å². The van der Waals surface area contributed by atoms with Gasteiger partial charge in [-0.15, -0.1) is 0 Å². The van der Waals surface area contributed by atoms with E-state index < -0.39 is 18.3 Å². The van der Waals surface area contributed by atoms with E-state index in [2.05, 4.69) is 20.9 Å². The van der Waals surface area contributed by atoms with Gasteiger partial charge in [-0.1, -0.05) is 0 Å². The summed E-state index contributed by atoms with van der Waals surface area (Å²) < 4.78 is 12.4. The van der Waals surface area contributed by atoms with Crippen LogP contribution in [0.2, 0.25) is 0 Å². The first kappa shape index (κ1) is 13.5. The lowest BCUT2D eigenvalue weighted by Gasteiger charge is -2.32. The van der Waals surface area contributed by atoms with Crippen LogP contribution in [-0.4, -0.2) is 23.3 Å². The van der Waals surface area contributed by atoms with Crippen molar-refractivity contribution < 1.29 is 9.31 Å². The third kappa shape index (κ3) is 2.18. The minimum atomic E-state index is -0.532. The molecule has 4 nitrogen and oxygen atoms in total. The highest BCUT2D eigenvalue weighted by atomic mass is 79.9. The lowest BCUT2D eigenvalue weighted by Crippen LogP contribution is -2.41. The van der Waals surface area contributed by atoms with E-state index in [1.807, 2.05) is 33.8 Å². The molecule has 94 valence electrons. The second-order valence-corrected chi connectivity index (χ2v) is 6.12. The minimum Gasteiger partial charge on any atom is -0.398 e. The van der Waals surface area contributed by atoms with Gasteiger partial charge in [-0.05, 0) is 55.8 Å². The summed E-state index contributed by atoms with van der Waals surface area (Å²) in [7, 11) is -0.532. The highest BCUT2D eigenvalue weighted by molar-refractivity contribution is 9.10. The summed E-state index contributed by atoms with van der Waals surface area (Å²) in [6.45, 7) is 7.93. The molecular weight excluding hydrogens is 295 g/mol. The van der Waals surface area contributed by atoms with E-state index in [4.69, 9.17) is 14.6 Å². The largest absolute Gasteiger partial charge is 0.514 e. The van der Waals surface area contributed by atoms with Crippen LogP contribution in [0.25, 0.3) is 0 Å². The zero-order valence-corrected chi connectivity index (χ0v) is 12.4. The fraction of sp³-hybridized carbons (Fsp3) is 0.500. The molecule has 0 amide bonds. The maximum atomic E-state index is 8.97. The molecule has 0 atom stereocenters. The Bertz CT molecular complexity index is 509. The number of hydrogen-bond acceptors (Lipinski definition) is 4. The number of nitriles is 1. The van der Waals surface area contributed by atoms with Gasteiger partial charge in [-0.25, -0.2) is 4.98 Å². The maximum Gasteiger partial charge on any atom is 0.514 e. The molecule has 1 aromatic heterocycles. The molecule has 2 rings (SSSR count). The topological polar surface area (TPSA) is 55.1 Å². The molecule has 18 heavy (non-hydrogen) atoms. The van der Waals surface area contributed by atoms with E-state index in [1.165, 1.54) is 0 Å². The Morgan fingerprint density at radius 3 is 2.28 bits per heavy atom. The Hall–Kier alpha value is -0.895. The molecule has 1 fully saturated rings. The molecular formula is C12H14BBrN2O2. The van der Waals surface area contributed by atoms with E-state index in [0.717, 1.165) is 0 Å². The van der Waals surface area contributed by atoms with Crippen LogP contribution < -0.4 is 5.59 Å². The second-order valence-electron chi connectivity index (χ2n) is 5.27. The number of aromatic nitrogens is 1. The van der Waals surface area contributed by atoms with E-state index in [-0.39, 0.29) is 0 Å². The third-order valence-electron chi connectivity index (χ3n) is 3.47. The van der Waals surface area contributed by atoms with Gasteiger partial charge in [0.1, 0.15) is 6.07 Å². The van der Waals surface area contributed by atoms with Crippen molar-refractivity contribution >= 4 is 28.6 Å². The molecule has 1 aromatic rings. The molecule has 0 radical (unpaired) electrons. The summed E-state index contributed by atoms with van der Waals surface area (Å²) in [5.41, 5.74) is 0.147. The predicted octanol–water partition coefficient (Wildman–Crippen LogP) is 2.01. The maximum absolute atomic E-state index is 8.97. The first-order chi connectivity index (χ1) is 8.27. The Kier molecular flexibility index (Phi) is 3.26. The zero-order valence-electron chi connectivity index (χ0n) is 10.8. The SMILES string of the molecule is CC1(C)OB(c2ccc(Br)c(C#N)n2)OC1(C)C. The average molecular weight is 309 g/mol. The quantitative estimate of drug-likeness (QED) is 0.745. The molecule has 0 N–H and O–H groups in total. The zero-order chi connectivity index (χ0) is 13.6. The number of halogens is 1. The van der Waals surface area contributed by atoms with Gasteiger partial charge in [0.25, 0.3) is 0 Å². The van der Waals surface area contributed by atoms with Crippen molar-refractivity contribution in [2.24, 2.45) is 0 Å². The Balaban J connectivity index is 2.33. The fourth-order valence-corrected chi connectivity index (χ4v) is 1.94. The van der Waals surface area contributed by atoms with Gasteiger partial charge in [0.05, 0.1) is 21.3 Å². The van der Waals surface area contributed by atoms with Crippen LogP contribution in [0.3, 0.4) is 0 Å². The molecule has 0 unspecified atom stereocenters. The number of pyridine rings is 1. The van der Waals surface area contributed by atoms with Gasteiger partial charge in [0, 0.05) is 0 Å². The first-order valence-electron chi connectivity index (χ1n) is 5.69. The molecule has 1 saturated heterocycles. The molecule has 2 heterocycles. The summed E-state index contributed by atoms with van der Waals surface area (Å²) in [6.07, 6.45) is 0. The number of hydrogen-bond donors (Lipinski definition) is 0. The van der Waals surface area contributed by atoms with Gasteiger partial charge in [-0.3, -0.25) is 0 Å². The standard InChI is InChI=1S/C12H14BBrN2O2/c1-11(2)12(3,4)18-13(17-11)10-6-5-8(14)9(7-15)16-10/h5-6H,1-4H3. The fourth-order valence-electron chi connectivity index (χ4n) is 1.63. The van der Waals surface area contributed by atoms with Crippen LogP contribution in [0.1, 0.15) is 33.4 Å². The molecule has 0 spiro atoms. The van der Waals surface area contributed by atoms with Gasteiger partial charge < -0.3 is 9.31 Å². The Morgan fingerprint density at radius 1 is 1.22 bits per heavy atom. The van der Waals surface area contributed by atoms with E-state index in [1.54, 1.807) is 12.1 Å². The average Bonchev–Trinajstić information content (AvgIpc) is 2.49. The van der Waals surface area contributed by atoms with Crippen LogP contribution in [-0.2, 0) is 9.31 Å². The molecule has 1 aliphatic rings. The van der Waals surface area contributed by atoms with Gasteiger partial charge in [0.15, 0.2) is 5.69 Å². The Labute approximate surface area is 116 Å². The van der Waals surface area contributed by atoms with Crippen LogP contribution in [0.4, 0.5) is 0 Å². The Morgan fingerprint density at radius 2 is 1.78 bits per heavy atom. The van der Waals surface area contributed by atoms with Crippen LogP contribution in [0, 0.1) is 11.3 Å². The van der Waals surface area contributed by atoms with E-state index >= 15 is 0 Å². The van der Waals surface area contributed by atoms with Crippen LogP contribution >= 0.6 is 15.9 Å². The minimum absolute atomic E-state index is 0.335. The van der Waals surface area contributed by atoms with Crippen molar-refractivity contribution in [3.63, 3.8) is 0 Å². The smallest absolute Gasteiger partial charge is 0.398 e. The summed E-state index contributed by atoms with van der Waals surface area (Å²) in [4.78, 5) is 4.25. The van der Waals surface area contributed by atoms with Crippen LogP contribution in [0.15, 0.2) is 16.6 Å². The van der Waals surface area contributed by atoms with Crippen molar-refractivity contribution in [2.75, 3.05) is 0 Å². The summed E-state index contributed by atoms with van der Waals surface area (Å²) in [5.74, 6) is 0. The van der Waals surface area contributed by atoms with Gasteiger partial charge in [0.2, 0.25) is 0 Å². The molecule has 0 aliphatic carbocycles. The highest BCUT2D eigenvalue weighted by Gasteiger charge is 2.52. The second kappa shape index (κ2) is 4.34. The van der Waals surface area contributed by atoms with Crippen molar-refractivity contribution in [1.82, 2.24) is 4.98 Å². The van der Waals surface area contributed by atoms with Crippen molar-refractivity contribution in [2.45, 2.75) is 38.9 Å². The molecule has 6 heteroatoms. The van der Waals surface area contributed by atoms with E-state index in [9.17, 15) is 0 Å². The normalized spacial score (nSPS) is 20.8. The molecule has 0 bridgehead atoms. The van der Waals surface area contributed by atoms with Crippen molar-refractivity contribution in [3.8, 4) is 6.07 Å². The summed E-state index contributed by atoms with van der Waals surface area (Å²) >= 11 is 3.28. The monoisotopic (exact) mass is 308 g/mol. The molecule has 1 aliphatic heterocycles. The number of nitrogens with zero attached hydrogens (tertiary/aromatic N) is 2. The third-order valence-corrected chi connectivity index (χ3v) is 4.11. The summed E-state index contributed by atoms with van der Waals surface area (Å²) in [6, 6.07) is 5.61. The predicted molar refractivity (Wildman–Crippen MR) is 72.4 cm³/mol. The highest BCUT2D eigenvalue weighted by Crippen LogP contribution is 2.36.